The van der Waals surface area contributed by atoms with Crippen LogP contribution in [0.3, 0.4) is 0 Å². The Hall–Kier alpha value is -1.16. The summed E-state index contributed by atoms with van der Waals surface area (Å²) in [6.45, 7) is 6.89. The minimum atomic E-state index is 0.213. The average Bonchev–Trinajstić information content (AvgIpc) is 3.34. The van der Waals surface area contributed by atoms with Gasteiger partial charge in [-0.3, -0.25) is 4.79 Å². The minimum absolute atomic E-state index is 0.213. The van der Waals surface area contributed by atoms with Crippen molar-refractivity contribution in [3.8, 4) is 5.75 Å². The van der Waals surface area contributed by atoms with Gasteiger partial charge >= 0.3 is 0 Å². The van der Waals surface area contributed by atoms with E-state index in [1.54, 1.807) is 0 Å². The lowest BCUT2D eigenvalue weighted by molar-refractivity contribution is -0.132. The molecule has 3 rings (SSSR count). The van der Waals surface area contributed by atoms with Crippen molar-refractivity contribution in [1.29, 1.82) is 0 Å². The van der Waals surface area contributed by atoms with Gasteiger partial charge in [-0.1, -0.05) is 26.0 Å². The number of hydrogen-bond acceptors (Lipinski definition) is 3. The van der Waals surface area contributed by atoms with Crippen molar-refractivity contribution in [1.82, 2.24) is 4.90 Å². The highest BCUT2D eigenvalue weighted by atomic mass is 32.2. The van der Waals surface area contributed by atoms with E-state index >= 15 is 0 Å². The highest BCUT2D eigenvalue weighted by Crippen LogP contribution is 2.48. The molecule has 0 spiro atoms. The molecule has 2 aliphatic rings. The summed E-state index contributed by atoms with van der Waals surface area (Å²) in [7, 11) is 0. The Morgan fingerprint density at radius 3 is 2.59 bits per heavy atom. The van der Waals surface area contributed by atoms with E-state index in [0.717, 1.165) is 43.4 Å². The van der Waals surface area contributed by atoms with Gasteiger partial charge in [-0.05, 0) is 36.0 Å². The Bertz CT molecular complexity index is 508. The Kier molecular flexibility index (Phi) is 4.97. The van der Waals surface area contributed by atoms with Gasteiger partial charge in [-0.2, -0.15) is 11.8 Å². The number of benzene rings is 1. The summed E-state index contributed by atoms with van der Waals surface area (Å²) in [5.74, 6) is 4.63. The van der Waals surface area contributed by atoms with Crippen molar-refractivity contribution in [2.75, 3.05) is 31.2 Å². The largest absolute Gasteiger partial charge is 0.493 e. The number of ether oxygens (including phenoxy) is 1. The third kappa shape index (κ3) is 3.78. The minimum Gasteiger partial charge on any atom is -0.493 e. The van der Waals surface area contributed by atoms with Crippen LogP contribution in [0.25, 0.3) is 0 Å². The lowest BCUT2D eigenvalue weighted by Gasteiger charge is -2.26. The number of carbonyl (C=O) groups excluding carboxylic acids is 1. The molecule has 1 aromatic carbocycles. The number of carbonyl (C=O) groups is 1. The predicted molar refractivity (Wildman–Crippen MR) is 91.5 cm³/mol. The summed E-state index contributed by atoms with van der Waals surface area (Å²) in [6.07, 6.45) is 1.01. The first kappa shape index (κ1) is 15.7. The van der Waals surface area contributed by atoms with Crippen molar-refractivity contribution in [3.63, 3.8) is 0 Å². The van der Waals surface area contributed by atoms with Gasteiger partial charge in [0.15, 0.2) is 0 Å². The lowest BCUT2D eigenvalue weighted by Crippen LogP contribution is -2.39. The molecule has 1 aliphatic carbocycles. The summed E-state index contributed by atoms with van der Waals surface area (Å²) >= 11 is 1.95. The van der Waals surface area contributed by atoms with Gasteiger partial charge in [0, 0.05) is 30.5 Å². The summed E-state index contributed by atoms with van der Waals surface area (Å²) in [6, 6.07) is 8.32. The second-order valence-corrected chi connectivity index (χ2v) is 7.88. The molecule has 1 saturated heterocycles. The number of thioether (sulfide) groups is 1. The van der Waals surface area contributed by atoms with E-state index in [0.29, 0.717) is 17.7 Å². The molecule has 0 radical (unpaired) electrons. The lowest BCUT2D eigenvalue weighted by atomic mass is 10.1. The second kappa shape index (κ2) is 6.95. The smallest absolute Gasteiger partial charge is 0.226 e. The third-order valence-electron chi connectivity index (χ3n) is 4.32. The maximum absolute atomic E-state index is 12.5. The number of rotatable bonds is 5. The monoisotopic (exact) mass is 319 g/mol. The maximum atomic E-state index is 12.5. The average molecular weight is 319 g/mol. The van der Waals surface area contributed by atoms with Crippen molar-refractivity contribution in [3.05, 3.63) is 29.8 Å². The number of nitrogens with zero attached hydrogens (tertiary/aromatic N) is 1. The van der Waals surface area contributed by atoms with Gasteiger partial charge in [-0.25, -0.2) is 0 Å². The van der Waals surface area contributed by atoms with Crippen LogP contribution < -0.4 is 4.74 Å². The van der Waals surface area contributed by atoms with Gasteiger partial charge in [0.25, 0.3) is 0 Å². The molecule has 4 heteroatoms. The number of hydrogen-bond donors (Lipinski definition) is 0. The molecule has 1 saturated carbocycles. The maximum Gasteiger partial charge on any atom is 0.226 e. The van der Waals surface area contributed by atoms with Crippen LogP contribution in [0.4, 0.5) is 0 Å². The first-order valence-corrected chi connectivity index (χ1v) is 9.40. The van der Waals surface area contributed by atoms with E-state index in [1.165, 1.54) is 5.56 Å². The molecule has 2 unspecified atom stereocenters. The first-order chi connectivity index (χ1) is 10.6. The van der Waals surface area contributed by atoms with Crippen molar-refractivity contribution in [2.45, 2.75) is 26.2 Å². The Labute approximate surface area is 137 Å². The van der Waals surface area contributed by atoms with Gasteiger partial charge in [0.1, 0.15) is 5.75 Å². The van der Waals surface area contributed by atoms with Crippen LogP contribution in [-0.2, 0) is 4.79 Å². The zero-order chi connectivity index (χ0) is 15.5. The quantitative estimate of drug-likeness (QED) is 0.833. The molecule has 1 aromatic rings. The fourth-order valence-corrected chi connectivity index (χ4v) is 3.83. The van der Waals surface area contributed by atoms with Crippen molar-refractivity contribution >= 4 is 17.7 Å². The molecule has 120 valence electrons. The molecule has 1 aliphatic heterocycles. The van der Waals surface area contributed by atoms with Crippen LogP contribution in [0.2, 0.25) is 0 Å². The summed E-state index contributed by atoms with van der Waals surface area (Å²) in [4.78, 5) is 14.5. The topological polar surface area (TPSA) is 29.5 Å². The fraction of sp³-hybridized carbons (Fsp3) is 0.611. The van der Waals surface area contributed by atoms with Gasteiger partial charge in [-0.15, -0.1) is 0 Å². The van der Waals surface area contributed by atoms with Crippen LogP contribution in [0.5, 0.6) is 5.75 Å². The molecule has 3 nitrogen and oxygen atoms in total. The molecular formula is C18H25NO2S. The van der Waals surface area contributed by atoms with Crippen LogP contribution in [0, 0.1) is 11.8 Å². The molecule has 0 N–H and O–H groups in total. The van der Waals surface area contributed by atoms with Crippen LogP contribution >= 0.6 is 11.8 Å². The Balaban J connectivity index is 1.54. The van der Waals surface area contributed by atoms with E-state index in [4.69, 9.17) is 4.74 Å². The summed E-state index contributed by atoms with van der Waals surface area (Å²) < 4.78 is 5.71. The summed E-state index contributed by atoms with van der Waals surface area (Å²) in [5.41, 5.74) is 1.28. The summed E-state index contributed by atoms with van der Waals surface area (Å²) in [5, 5.41) is 0. The Morgan fingerprint density at radius 1 is 1.27 bits per heavy atom. The van der Waals surface area contributed by atoms with E-state index in [-0.39, 0.29) is 5.92 Å². The van der Waals surface area contributed by atoms with E-state index in [9.17, 15) is 4.79 Å². The molecule has 1 amide bonds. The van der Waals surface area contributed by atoms with Crippen LogP contribution in [0.1, 0.15) is 31.7 Å². The third-order valence-corrected chi connectivity index (χ3v) is 5.26. The molecule has 1 heterocycles. The molecule has 2 fully saturated rings. The molecule has 0 aromatic heterocycles. The van der Waals surface area contributed by atoms with Gasteiger partial charge in [0.2, 0.25) is 5.91 Å². The highest BCUT2D eigenvalue weighted by molar-refractivity contribution is 7.99. The Morgan fingerprint density at radius 2 is 1.95 bits per heavy atom. The van der Waals surface area contributed by atoms with Crippen LogP contribution in [0.15, 0.2) is 24.3 Å². The predicted octanol–water partition coefficient (Wildman–Crippen LogP) is 3.40. The van der Waals surface area contributed by atoms with Crippen molar-refractivity contribution in [2.24, 2.45) is 11.8 Å². The number of amides is 1. The first-order valence-electron chi connectivity index (χ1n) is 8.24. The van der Waals surface area contributed by atoms with Gasteiger partial charge < -0.3 is 9.64 Å². The zero-order valence-electron chi connectivity index (χ0n) is 13.5. The SMILES string of the molecule is CC(C)COc1ccc(C2CC2C(=O)N2CCSCC2)cc1. The van der Waals surface area contributed by atoms with Crippen molar-refractivity contribution < 1.29 is 9.53 Å². The molecule has 2 atom stereocenters. The second-order valence-electron chi connectivity index (χ2n) is 6.66. The van der Waals surface area contributed by atoms with Gasteiger partial charge in [0.05, 0.1) is 6.61 Å². The fourth-order valence-electron chi connectivity index (χ4n) is 2.93. The normalized spacial score (nSPS) is 24.4. The molecule has 0 bridgehead atoms. The van der Waals surface area contributed by atoms with E-state index < -0.39 is 0 Å². The molecule has 22 heavy (non-hydrogen) atoms. The zero-order valence-corrected chi connectivity index (χ0v) is 14.3. The van der Waals surface area contributed by atoms with E-state index in [1.807, 2.05) is 23.9 Å². The van der Waals surface area contributed by atoms with Crippen LogP contribution in [-0.4, -0.2) is 42.0 Å². The standard InChI is InChI=1S/C18H25NO2S/c1-13(2)12-21-15-5-3-14(4-6-15)16-11-17(16)18(20)19-7-9-22-10-8-19/h3-6,13,16-17H,7-12H2,1-2H3. The van der Waals surface area contributed by atoms with E-state index in [2.05, 4.69) is 30.9 Å². The molecular weight excluding hydrogens is 294 g/mol. The highest BCUT2D eigenvalue weighted by Gasteiger charge is 2.45.